The normalized spacial score (nSPS) is 23.7. The number of hydrogen-bond acceptors (Lipinski definition) is 12. The number of likely N-dealkylation sites (tertiary alicyclic amines) is 1. The van der Waals surface area contributed by atoms with Crippen molar-refractivity contribution in [1.82, 2.24) is 29.7 Å². The molecular formula is C47H53ClF2N8O7. The molecule has 5 aliphatic rings. The SMILES string of the molecule is CCC(=O)COc1cc2cc(Nc3nc(N4CCC(OC5CC(N6CCC(c7ccc8c(c7)CN(C7CCC(=O)NC7=O)C8=O)C(F)(F)C6)C5)CC4)ncc3Cl)ccc2n(C(C)C)c1=O. The van der Waals surface area contributed by atoms with Gasteiger partial charge in [0.2, 0.25) is 17.8 Å². The number of anilines is 3. The lowest BCUT2D eigenvalue weighted by Crippen LogP contribution is -2.56. The van der Waals surface area contributed by atoms with Gasteiger partial charge in [0, 0.05) is 61.2 Å². The number of alkyl halides is 2. The van der Waals surface area contributed by atoms with Crippen molar-refractivity contribution < 1.29 is 37.4 Å². The number of carbonyl (C=O) groups is 4. The number of imide groups is 1. The highest BCUT2D eigenvalue weighted by Crippen LogP contribution is 2.44. The second-order valence-corrected chi connectivity index (χ2v) is 18.6. The molecule has 0 bridgehead atoms. The molecule has 2 N–H and O–H groups in total. The van der Waals surface area contributed by atoms with Crippen molar-refractivity contribution in [1.29, 1.82) is 0 Å². The van der Waals surface area contributed by atoms with Crippen molar-refractivity contribution in [2.45, 2.75) is 121 Å². The van der Waals surface area contributed by atoms with Crippen LogP contribution in [0, 0.1) is 0 Å². The summed E-state index contributed by atoms with van der Waals surface area (Å²) < 4.78 is 45.6. The number of amides is 3. The Morgan fingerprint density at radius 1 is 1.00 bits per heavy atom. The number of aromatic nitrogens is 3. The van der Waals surface area contributed by atoms with Gasteiger partial charge in [0.05, 0.1) is 36.4 Å². The molecule has 1 aliphatic carbocycles. The maximum Gasteiger partial charge on any atom is 0.293 e. The van der Waals surface area contributed by atoms with E-state index in [0.29, 0.717) is 78.1 Å². The smallest absolute Gasteiger partial charge is 0.293 e. The van der Waals surface area contributed by atoms with Crippen molar-refractivity contribution >= 4 is 63.5 Å². The number of ether oxygens (including phenoxy) is 2. The molecule has 4 fully saturated rings. The van der Waals surface area contributed by atoms with Crippen molar-refractivity contribution in [3.8, 4) is 5.75 Å². The Hall–Kier alpha value is -5.52. The number of pyridine rings is 1. The van der Waals surface area contributed by atoms with Gasteiger partial charge in [-0.1, -0.05) is 30.7 Å². The molecule has 9 rings (SSSR count). The van der Waals surface area contributed by atoms with Crippen LogP contribution >= 0.6 is 11.6 Å². The van der Waals surface area contributed by atoms with Crippen LogP contribution in [-0.4, -0.2) is 111 Å². The van der Waals surface area contributed by atoms with E-state index in [0.717, 1.165) is 23.7 Å². The molecule has 65 heavy (non-hydrogen) atoms. The molecule has 4 aromatic rings. The Kier molecular flexibility index (Phi) is 12.4. The molecular weight excluding hydrogens is 862 g/mol. The molecule has 4 aliphatic heterocycles. The van der Waals surface area contributed by atoms with E-state index in [9.17, 15) is 24.0 Å². The summed E-state index contributed by atoms with van der Waals surface area (Å²) in [7, 11) is 0. The van der Waals surface area contributed by atoms with E-state index in [1.165, 1.54) is 4.90 Å². The quantitative estimate of drug-likeness (QED) is 0.140. The number of rotatable bonds is 13. The Labute approximate surface area is 379 Å². The summed E-state index contributed by atoms with van der Waals surface area (Å²) in [6, 6.07) is 11.3. The molecule has 2 unspecified atom stereocenters. The van der Waals surface area contributed by atoms with Crippen LogP contribution in [0.5, 0.6) is 5.75 Å². The molecule has 344 valence electrons. The van der Waals surface area contributed by atoms with Gasteiger partial charge in [-0.2, -0.15) is 4.98 Å². The average molecular weight is 915 g/mol. The third kappa shape index (κ3) is 9.06. The zero-order valence-electron chi connectivity index (χ0n) is 36.7. The molecule has 18 heteroatoms. The van der Waals surface area contributed by atoms with Crippen LogP contribution in [-0.2, 0) is 25.7 Å². The van der Waals surface area contributed by atoms with Crippen LogP contribution in [0.4, 0.5) is 26.2 Å². The Balaban J connectivity index is 0.759. The van der Waals surface area contributed by atoms with Crippen LogP contribution in [0.15, 0.2) is 53.5 Å². The molecule has 1 saturated carbocycles. The Morgan fingerprint density at radius 3 is 2.51 bits per heavy atom. The topological polar surface area (TPSA) is 168 Å². The fraction of sp³-hybridized carbons (Fsp3) is 0.511. The van der Waals surface area contributed by atoms with Crippen LogP contribution in [0.1, 0.15) is 106 Å². The van der Waals surface area contributed by atoms with Crippen molar-refractivity contribution in [3.05, 3.63) is 80.7 Å². The lowest BCUT2D eigenvalue weighted by molar-refractivity contribution is -0.137. The summed E-state index contributed by atoms with van der Waals surface area (Å²) in [4.78, 5) is 77.2. The van der Waals surface area contributed by atoms with Gasteiger partial charge in [-0.25, -0.2) is 13.8 Å². The molecule has 0 radical (unpaired) electrons. The Morgan fingerprint density at radius 2 is 1.78 bits per heavy atom. The van der Waals surface area contributed by atoms with Gasteiger partial charge in [-0.05, 0) is 100 Å². The number of carbonyl (C=O) groups excluding carboxylic acids is 4. The Bertz CT molecular complexity index is 2600. The molecule has 2 aromatic heterocycles. The maximum atomic E-state index is 15.9. The highest BCUT2D eigenvalue weighted by atomic mass is 35.5. The number of benzene rings is 2. The second kappa shape index (κ2) is 18.0. The fourth-order valence-corrected chi connectivity index (χ4v) is 10.1. The van der Waals surface area contributed by atoms with Crippen LogP contribution in [0.3, 0.4) is 0 Å². The van der Waals surface area contributed by atoms with E-state index >= 15 is 8.78 Å². The van der Waals surface area contributed by atoms with Crippen LogP contribution in [0.2, 0.25) is 5.02 Å². The lowest BCUT2D eigenvalue weighted by Gasteiger charge is -2.48. The van der Waals surface area contributed by atoms with Crippen LogP contribution < -0.4 is 25.8 Å². The lowest BCUT2D eigenvalue weighted by atomic mass is 9.81. The zero-order chi connectivity index (χ0) is 45.7. The number of piperidine rings is 3. The van der Waals surface area contributed by atoms with Gasteiger partial charge < -0.3 is 29.2 Å². The van der Waals surface area contributed by atoms with E-state index in [1.54, 1.807) is 42.0 Å². The van der Waals surface area contributed by atoms with E-state index in [1.807, 2.05) is 36.9 Å². The second-order valence-electron chi connectivity index (χ2n) is 18.2. The number of hydrogen-bond donors (Lipinski definition) is 2. The van der Waals surface area contributed by atoms with Gasteiger partial charge >= 0.3 is 0 Å². The summed E-state index contributed by atoms with van der Waals surface area (Å²) in [6.45, 7) is 7.08. The third-order valence-electron chi connectivity index (χ3n) is 13.6. The van der Waals surface area contributed by atoms with Gasteiger partial charge in [-0.15, -0.1) is 0 Å². The molecule has 2 atom stereocenters. The first-order valence-electron chi connectivity index (χ1n) is 22.6. The van der Waals surface area contributed by atoms with Crippen LogP contribution in [0.25, 0.3) is 10.9 Å². The number of Topliss-reactive ketones (excluding diaryl/α,β-unsaturated/α-hetero) is 1. The van der Waals surface area contributed by atoms with Gasteiger partial charge in [-0.3, -0.25) is 34.2 Å². The fourth-order valence-electron chi connectivity index (χ4n) is 9.92. The first-order valence-corrected chi connectivity index (χ1v) is 23.0. The van der Waals surface area contributed by atoms with Crippen molar-refractivity contribution in [3.63, 3.8) is 0 Å². The number of halogens is 3. The highest BCUT2D eigenvalue weighted by molar-refractivity contribution is 6.33. The van der Waals surface area contributed by atoms with Gasteiger partial charge in [0.15, 0.2) is 17.4 Å². The summed E-state index contributed by atoms with van der Waals surface area (Å²) in [5.74, 6) is -4.19. The average Bonchev–Trinajstić information content (AvgIpc) is 3.58. The van der Waals surface area contributed by atoms with E-state index in [-0.39, 0.29) is 92.2 Å². The first kappa shape index (κ1) is 44.7. The number of nitrogens with one attached hydrogen (secondary N) is 2. The molecule has 15 nitrogen and oxygen atoms in total. The molecule has 3 saturated heterocycles. The molecule has 6 heterocycles. The summed E-state index contributed by atoms with van der Waals surface area (Å²) >= 11 is 6.58. The minimum Gasteiger partial charge on any atom is -0.480 e. The summed E-state index contributed by atoms with van der Waals surface area (Å²) in [6.07, 6.45) is 5.50. The monoisotopic (exact) mass is 914 g/mol. The first-order chi connectivity index (χ1) is 31.1. The standard InChI is InChI=1S/C47H53ClF2N8O7/c1-4-32(59)24-64-40-19-28-18-30(6-8-38(28)58(26(2)3)45(40)63)52-42-37(48)22-51-46(54-42)55-14-11-33(12-15-55)65-34-20-31(21-34)56-16-13-36(47(49,50)25-56)27-5-7-35-29(17-27)23-57(44(35)62)39-9-10-41(60)53-43(39)61/h5-8,17-19,22,26,31,33-34,36,39H,4,9-16,20-21,23-25H2,1-3H3,(H,51,52,54)(H,53,60,61). The minimum atomic E-state index is -2.97. The van der Waals surface area contributed by atoms with Crippen molar-refractivity contribution in [2.75, 3.05) is 43.0 Å². The zero-order valence-corrected chi connectivity index (χ0v) is 37.4. The van der Waals surface area contributed by atoms with Gasteiger partial charge in [0.25, 0.3) is 17.4 Å². The van der Waals surface area contributed by atoms with E-state index in [2.05, 4.69) is 20.5 Å². The summed E-state index contributed by atoms with van der Waals surface area (Å²) in [5, 5.41) is 6.68. The number of ketones is 1. The summed E-state index contributed by atoms with van der Waals surface area (Å²) in [5.41, 5.74) is 2.65. The predicted molar refractivity (Wildman–Crippen MR) is 239 cm³/mol. The largest absolute Gasteiger partial charge is 0.480 e. The predicted octanol–water partition coefficient (Wildman–Crippen LogP) is 6.53. The highest BCUT2D eigenvalue weighted by Gasteiger charge is 2.49. The van der Waals surface area contributed by atoms with Crippen molar-refractivity contribution in [2.24, 2.45) is 0 Å². The van der Waals surface area contributed by atoms with E-state index < -0.39 is 23.8 Å². The molecule has 3 amide bonds. The maximum absolute atomic E-state index is 15.9. The number of nitrogens with zero attached hydrogens (tertiary/aromatic N) is 6. The minimum absolute atomic E-state index is 0.00529. The number of fused-ring (bicyclic) bond motifs is 2. The third-order valence-corrected chi connectivity index (χ3v) is 13.8. The molecule has 2 aromatic carbocycles. The van der Waals surface area contributed by atoms with E-state index in [4.69, 9.17) is 26.1 Å². The van der Waals surface area contributed by atoms with Gasteiger partial charge in [0.1, 0.15) is 17.7 Å². The molecule has 0 spiro atoms.